The van der Waals surface area contributed by atoms with Gasteiger partial charge in [0.2, 0.25) is 0 Å². The SMILES string of the molecule is CCC(Cl)C[CH2][Cu].O=C(O)c1ccccc1C(=O)O. The molecule has 1 atom stereocenters. The van der Waals surface area contributed by atoms with E-state index >= 15 is 0 Å². The molecule has 0 bridgehead atoms. The summed E-state index contributed by atoms with van der Waals surface area (Å²) in [4.78, 5) is 20.9. The van der Waals surface area contributed by atoms with Gasteiger partial charge in [-0.1, -0.05) is 12.1 Å². The van der Waals surface area contributed by atoms with Crippen molar-refractivity contribution in [2.75, 3.05) is 0 Å². The Balaban J connectivity index is 0.000000399. The fourth-order valence-corrected chi connectivity index (χ4v) is 1.72. The molecule has 0 radical (unpaired) electrons. The van der Waals surface area contributed by atoms with Crippen molar-refractivity contribution < 1.29 is 35.8 Å². The number of hydrogen-bond acceptors (Lipinski definition) is 2. The zero-order valence-electron chi connectivity index (χ0n) is 10.4. The van der Waals surface area contributed by atoms with Crippen molar-refractivity contribution in [3.63, 3.8) is 0 Å². The van der Waals surface area contributed by atoms with E-state index in [0.29, 0.717) is 5.38 Å². The normalized spacial score (nSPS) is 11.2. The maximum Gasteiger partial charge on any atom is 0.336 e. The van der Waals surface area contributed by atoms with Gasteiger partial charge in [-0.15, -0.1) is 0 Å². The molecule has 1 rings (SSSR count). The Hall–Kier alpha value is -1.03. The minimum Gasteiger partial charge on any atom is -0.478 e. The van der Waals surface area contributed by atoms with Crippen LogP contribution in [0.4, 0.5) is 0 Å². The zero-order chi connectivity index (χ0) is 14.8. The van der Waals surface area contributed by atoms with E-state index in [2.05, 4.69) is 6.92 Å². The summed E-state index contributed by atoms with van der Waals surface area (Å²) in [5.74, 6) is -2.46. The summed E-state index contributed by atoms with van der Waals surface area (Å²) in [6, 6.07) is 5.48. The molecule has 0 aliphatic heterocycles. The van der Waals surface area contributed by atoms with Crippen molar-refractivity contribution in [2.45, 2.75) is 30.5 Å². The molecule has 0 aliphatic carbocycles. The van der Waals surface area contributed by atoms with Crippen LogP contribution in [0.2, 0.25) is 5.32 Å². The molecule has 4 nitrogen and oxygen atoms in total. The second kappa shape index (κ2) is 9.84. The van der Waals surface area contributed by atoms with Crippen LogP contribution in [-0.2, 0) is 16.0 Å². The maximum absolute atomic E-state index is 10.5. The molecule has 19 heavy (non-hydrogen) atoms. The van der Waals surface area contributed by atoms with Crippen LogP contribution >= 0.6 is 11.6 Å². The predicted octanol–water partition coefficient (Wildman–Crippen LogP) is 3.44. The van der Waals surface area contributed by atoms with Crippen LogP contribution < -0.4 is 0 Å². The molecule has 1 unspecified atom stereocenters. The van der Waals surface area contributed by atoms with Crippen LogP contribution in [0.15, 0.2) is 24.3 Å². The van der Waals surface area contributed by atoms with E-state index in [4.69, 9.17) is 37.8 Å². The fraction of sp³-hybridized carbons (Fsp3) is 0.385. The van der Waals surface area contributed by atoms with Gasteiger partial charge >= 0.3 is 70.0 Å². The molecule has 110 valence electrons. The molecular formula is C13H16ClCuO4. The van der Waals surface area contributed by atoms with Crippen molar-refractivity contribution in [3.05, 3.63) is 35.4 Å². The summed E-state index contributed by atoms with van der Waals surface area (Å²) >= 11 is 10.5. The maximum atomic E-state index is 10.5. The monoisotopic (exact) mass is 334 g/mol. The summed E-state index contributed by atoms with van der Waals surface area (Å²) in [7, 11) is 0. The molecule has 2 N–H and O–H groups in total. The first-order chi connectivity index (χ1) is 8.93. The average molecular weight is 335 g/mol. The number of aromatic carboxylic acids is 2. The van der Waals surface area contributed by atoms with Gasteiger partial charge in [0.1, 0.15) is 0 Å². The first kappa shape index (κ1) is 18.0. The van der Waals surface area contributed by atoms with Crippen molar-refractivity contribution in [1.29, 1.82) is 0 Å². The van der Waals surface area contributed by atoms with E-state index in [1.165, 1.54) is 24.3 Å². The van der Waals surface area contributed by atoms with Gasteiger partial charge in [0.05, 0.1) is 11.1 Å². The second-order valence-electron chi connectivity index (χ2n) is 3.60. The van der Waals surface area contributed by atoms with E-state index < -0.39 is 11.9 Å². The molecule has 0 spiro atoms. The van der Waals surface area contributed by atoms with Crippen molar-refractivity contribution in [2.24, 2.45) is 0 Å². The number of carbonyl (C=O) groups is 2. The quantitative estimate of drug-likeness (QED) is 0.638. The third-order valence-corrected chi connectivity index (χ3v) is 3.03. The summed E-state index contributed by atoms with van der Waals surface area (Å²) in [5.41, 5.74) is -0.380. The van der Waals surface area contributed by atoms with Crippen LogP contribution in [0.3, 0.4) is 0 Å². The van der Waals surface area contributed by atoms with Crippen LogP contribution in [-0.4, -0.2) is 27.5 Å². The van der Waals surface area contributed by atoms with E-state index in [-0.39, 0.29) is 11.1 Å². The van der Waals surface area contributed by atoms with Gasteiger partial charge in [0.15, 0.2) is 0 Å². The molecular weight excluding hydrogens is 319 g/mol. The molecule has 0 saturated carbocycles. The largest absolute Gasteiger partial charge is 0.478 e. The van der Waals surface area contributed by atoms with Gasteiger partial charge in [0, 0.05) is 0 Å². The molecule has 0 fully saturated rings. The average Bonchev–Trinajstić information content (AvgIpc) is 2.39. The van der Waals surface area contributed by atoms with Gasteiger partial charge in [0.25, 0.3) is 0 Å². The molecule has 0 heterocycles. The third-order valence-electron chi connectivity index (χ3n) is 2.23. The van der Waals surface area contributed by atoms with E-state index in [9.17, 15) is 9.59 Å². The Labute approximate surface area is 125 Å². The van der Waals surface area contributed by atoms with Crippen molar-refractivity contribution in [3.8, 4) is 0 Å². The van der Waals surface area contributed by atoms with Crippen molar-refractivity contribution in [1.82, 2.24) is 0 Å². The topological polar surface area (TPSA) is 74.6 Å². The Bertz CT molecular complexity index is 390. The van der Waals surface area contributed by atoms with Crippen LogP contribution in [0.25, 0.3) is 0 Å². The Kier molecular flexibility index (Phi) is 9.31. The van der Waals surface area contributed by atoms with Gasteiger partial charge in [-0.05, 0) is 12.1 Å². The number of rotatable bonds is 5. The van der Waals surface area contributed by atoms with Crippen LogP contribution in [0, 0.1) is 0 Å². The van der Waals surface area contributed by atoms with Gasteiger partial charge in [-0.25, -0.2) is 9.59 Å². The molecule has 0 aliphatic rings. The summed E-state index contributed by atoms with van der Waals surface area (Å²) < 4.78 is 0. The summed E-state index contributed by atoms with van der Waals surface area (Å²) in [5, 5.41) is 18.2. The minimum atomic E-state index is -1.23. The molecule has 0 amide bonds. The van der Waals surface area contributed by atoms with E-state index in [1.807, 2.05) is 0 Å². The second-order valence-corrected chi connectivity index (χ2v) is 4.69. The van der Waals surface area contributed by atoms with Crippen molar-refractivity contribution >= 4 is 23.5 Å². The number of alkyl halides is 1. The molecule has 1 aromatic carbocycles. The standard InChI is InChI=1S/C8H6O4.C5H10Cl.Cu/c9-7(10)5-3-1-2-4-6(5)8(11)12;1-3-5(6)4-2;/h1-4H,(H,9,10)(H,11,12);5H,1,3-4H2,2H3;. The molecule has 0 aromatic heterocycles. The molecule has 6 heteroatoms. The number of halogens is 1. The fourth-order valence-electron chi connectivity index (χ4n) is 1.15. The number of carboxylic acid groups (broad SMARTS) is 2. The van der Waals surface area contributed by atoms with E-state index in [1.54, 1.807) is 0 Å². The number of carboxylic acids is 2. The first-order valence-corrected chi connectivity index (χ1v) is 6.74. The Morgan fingerprint density at radius 1 is 1.21 bits per heavy atom. The zero-order valence-corrected chi connectivity index (χ0v) is 12.1. The minimum absolute atomic E-state index is 0.190. The third kappa shape index (κ3) is 7.21. The Morgan fingerprint density at radius 3 is 1.84 bits per heavy atom. The Morgan fingerprint density at radius 2 is 1.63 bits per heavy atom. The first-order valence-electron chi connectivity index (χ1n) is 5.64. The number of hydrogen-bond donors (Lipinski definition) is 2. The smallest absolute Gasteiger partial charge is 0.336 e. The molecule has 1 aromatic rings. The summed E-state index contributed by atoms with van der Waals surface area (Å²) in [6.45, 7) is 2.07. The van der Waals surface area contributed by atoms with Gasteiger partial charge in [-0.2, -0.15) is 0 Å². The molecule has 0 saturated heterocycles. The summed E-state index contributed by atoms with van der Waals surface area (Å²) in [6.07, 6.45) is 2.01. The van der Waals surface area contributed by atoms with Gasteiger partial charge in [-0.3, -0.25) is 0 Å². The number of benzene rings is 1. The van der Waals surface area contributed by atoms with E-state index in [0.717, 1.165) is 18.2 Å². The van der Waals surface area contributed by atoms with Crippen LogP contribution in [0.1, 0.15) is 40.5 Å². The predicted molar refractivity (Wildman–Crippen MR) is 69.7 cm³/mol. The van der Waals surface area contributed by atoms with Gasteiger partial charge < -0.3 is 10.2 Å². The van der Waals surface area contributed by atoms with Crippen LogP contribution in [0.5, 0.6) is 0 Å².